The minimum atomic E-state index is -3.45. The van der Waals surface area contributed by atoms with Crippen LogP contribution in [0.5, 0.6) is 0 Å². The summed E-state index contributed by atoms with van der Waals surface area (Å²) in [7, 11) is -3.45. The highest BCUT2D eigenvalue weighted by Gasteiger charge is 2.59. The Kier molecular flexibility index (Phi) is 3.07. The van der Waals surface area contributed by atoms with Gasteiger partial charge in [0.05, 0.1) is 22.1 Å². The molecule has 0 unspecified atom stereocenters. The zero-order valence-corrected chi connectivity index (χ0v) is 11.5. The Morgan fingerprint density at radius 1 is 0.900 bits per heavy atom. The van der Waals surface area contributed by atoms with E-state index >= 15 is 0 Å². The first-order valence-corrected chi connectivity index (χ1v) is 7.94. The van der Waals surface area contributed by atoms with Crippen molar-refractivity contribution in [1.29, 1.82) is 5.26 Å². The van der Waals surface area contributed by atoms with Crippen LogP contribution >= 0.6 is 0 Å². The molecule has 1 aliphatic rings. The summed E-state index contributed by atoms with van der Waals surface area (Å²) >= 11 is 0. The normalized spacial score (nSPS) is 24.9. The van der Waals surface area contributed by atoms with Gasteiger partial charge in [0.1, 0.15) is 0 Å². The van der Waals surface area contributed by atoms with Crippen molar-refractivity contribution >= 4 is 9.84 Å². The van der Waals surface area contributed by atoms with E-state index in [9.17, 15) is 13.7 Å². The lowest BCUT2D eigenvalue weighted by Gasteiger charge is -2.03. The number of hydrogen-bond donors (Lipinski definition) is 0. The zero-order chi connectivity index (χ0) is 14.2. The van der Waals surface area contributed by atoms with Crippen LogP contribution in [0, 0.1) is 17.2 Å². The van der Waals surface area contributed by atoms with Gasteiger partial charge in [0.2, 0.25) is 0 Å². The molecule has 1 saturated carbocycles. The largest absolute Gasteiger partial charge is 0.223 e. The van der Waals surface area contributed by atoms with Gasteiger partial charge in [-0.05, 0) is 17.7 Å². The van der Waals surface area contributed by atoms with E-state index in [0.717, 1.165) is 5.56 Å². The minimum Gasteiger partial charge on any atom is -0.223 e. The molecule has 0 spiro atoms. The second-order valence-electron chi connectivity index (χ2n) is 4.91. The predicted octanol–water partition coefficient (Wildman–Crippen LogP) is 2.77. The number of hydrogen-bond acceptors (Lipinski definition) is 3. The Morgan fingerprint density at radius 3 is 2.00 bits per heavy atom. The van der Waals surface area contributed by atoms with E-state index in [4.69, 9.17) is 0 Å². The highest BCUT2D eigenvalue weighted by atomic mass is 32.2. The summed E-state index contributed by atoms with van der Waals surface area (Å²) in [5.41, 5.74) is 0.920. The molecule has 0 amide bonds. The summed E-state index contributed by atoms with van der Waals surface area (Å²) in [4.78, 5) is 0.295. The first-order chi connectivity index (χ1) is 9.66. The van der Waals surface area contributed by atoms with E-state index in [1.54, 1.807) is 30.3 Å². The fraction of sp³-hybridized carbons (Fsp3) is 0.188. The standard InChI is InChI=1S/C16H13NO2S/c17-11-14-15(12-7-3-1-4-8-12)16(14)20(18,19)13-9-5-2-6-10-13/h1-10,14-16H/t14-,15+,16+/m0/s1. The fourth-order valence-electron chi connectivity index (χ4n) is 2.66. The Bertz CT molecular complexity index is 748. The van der Waals surface area contributed by atoms with Gasteiger partial charge in [-0.1, -0.05) is 48.5 Å². The molecule has 0 heterocycles. The zero-order valence-electron chi connectivity index (χ0n) is 10.7. The molecule has 0 bridgehead atoms. The van der Waals surface area contributed by atoms with Crippen LogP contribution in [-0.2, 0) is 9.84 Å². The number of nitrogens with zero attached hydrogens (tertiary/aromatic N) is 1. The minimum absolute atomic E-state index is 0.216. The van der Waals surface area contributed by atoms with Gasteiger partial charge in [-0.15, -0.1) is 0 Å². The quantitative estimate of drug-likeness (QED) is 0.870. The summed E-state index contributed by atoms with van der Waals surface area (Å²) in [6.07, 6.45) is 0. The average Bonchev–Trinajstić information content (AvgIpc) is 3.24. The van der Waals surface area contributed by atoms with Crippen LogP contribution < -0.4 is 0 Å². The molecule has 3 nitrogen and oxygen atoms in total. The average molecular weight is 283 g/mol. The van der Waals surface area contributed by atoms with Gasteiger partial charge < -0.3 is 0 Å². The monoisotopic (exact) mass is 283 g/mol. The lowest BCUT2D eigenvalue weighted by Crippen LogP contribution is -2.10. The van der Waals surface area contributed by atoms with Crippen LogP contribution in [0.1, 0.15) is 11.5 Å². The van der Waals surface area contributed by atoms with Crippen molar-refractivity contribution in [3.8, 4) is 6.07 Å². The maximum Gasteiger partial charge on any atom is 0.183 e. The number of benzene rings is 2. The molecule has 100 valence electrons. The lowest BCUT2D eigenvalue weighted by molar-refractivity contribution is 0.593. The Labute approximate surface area is 118 Å². The van der Waals surface area contributed by atoms with Crippen molar-refractivity contribution < 1.29 is 8.42 Å². The molecule has 0 aliphatic heterocycles. The molecule has 3 atom stereocenters. The second kappa shape index (κ2) is 4.77. The van der Waals surface area contributed by atoms with Crippen molar-refractivity contribution in [2.24, 2.45) is 5.92 Å². The third kappa shape index (κ3) is 2.00. The van der Waals surface area contributed by atoms with Crippen molar-refractivity contribution in [3.63, 3.8) is 0 Å². The first kappa shape index (κ1) is 12.9. The van der Waals surface area contributed by atoms with Gasteiger partial charge in [-0.2, -0.15) is 5.26 Å². The molecule has 1 fully saturated rings. The SMILES string of the molecule is N#C[C@H]1[C@@H](c2ccccc2)[C@@H]1S(=O)(=O)c1ccccc1. The van der Waals surface area contributed by atoms with E-state index in [1.165, 1.54) is 0 Å². The molecule has 0 radical (unpaired) electrons. The van der Waals surface area contributed by atoms with Crippen LogP contribution in [-0.4, -0.2) is 13.7 Å². The molecule has 1 aliphatic carbocycles. The topological polar surface area (TPSA) is 57.9 Å². The third-order valence-corrected chi connectivity index (χ3v) is 5.95. The number of sulfone groups is 1. The molecule has 2 aromatic carbocycles. The highest BCUT2D eigenvalue weighted by molar-refractivity contribution is 7.92. The molecule has 20 heavy (non-hydrogen) atoms. The van der Waals surface area contributed by atoms with Crippen LogP contribution in [0.15, 0.2) is 65.6 Å². The molecule has 0 aromatic heterocycles. The van der Waals surface area contributed by atoms with Crippen LogP contribution in [0.25, 0.3) is 0 Å². The van der Waals surface area contributed by atoms with E-state index in [2.05, 4.69) is 6.07 Å². The van der Waals surface area contributed by atoms with Crippen LogP contribution in [0.3, 0.4) is 0 Å². The van der Waals surface area contributed by atoms with Gasteiger partial charge in [0.25, 0.3) is 0 Å². The third-order valence-electron chi connectivity index (χ3n) is 3.72. The first-order valence-electron chi connectivity index (χ1n) is 6.40. The van der Waals surface area contributed by atoms with E-state index in [0.29, 0.717) is 4.90 Å². The molecule has 2 aromatic rings. The Hall–Kier alpha value is -2.12. The van der Waals surface area contributed by atoms with E-state index in [1.807, 2.05) is 30.3 Å². The number of rotatable bonds is 3. The van der Waals surface area contributed by atoms with Crippen LogP contribution in [0.4, 0.5) is 0 Å². The van der Waals surface area contributed by atoms with E-state index < -0.39 is 21.0 Å². The van der Waals surface area contributed by atoms with Gasteiger partial charge in [0, 0.05) is 5.92 Å². The Balaban J connectivity index is 1.98. The van der Waals surface area contributed by atoms with Gasteiger partial charge in [0.15, 0.2) is 9.84 Å². The molecular weight excluding hydrogens is 270 g/mol. The van der Waals surface area contributed by atoms with Crippen LogP contribution in [0.2, 0.25) is 0 Å². The summed E-state index contributed by atoms with van der Waals surface area (Å²) in [5.74, 6) is -0.672. The Morgan fingerprint density at radius 2 is 1.45 bits per heavy atom. The van der Waals surface area contributed by atoms with Crippen molar-refractivity contribution in [1.82, 2.24) is 0 Å². The molecule has 3 rings (SSSR count). The second-order valence-corrected chi connectivity index (χ2v) is 7.02. The molecule has 4 heteroatoms. The molecular formula is C16H13NO2S. The molecule has 0 saturated heterocycles. The highest BCUT2D eigenvalue weighted by Crippen LogP contribution is 2.53. The number of nitriles is 1. The molecule has 0 N–H and O–H groups in total. The van der Waals surface area contributed by atoms with Crippen molar-refractivity contribution in [2.45, 2.75) is 16.1 Å². The van der Waals surface area contributed by atoms with Crippen molar-refractivity contribution in [2.75, 3.05) is 0 Å². The maximum absolute atomic E-state index is 12.6. The fourth-order valence-corrected chi connectivity index (χ4v) is 4.75. The smallest absolute Gasteiger partial charge is 0.183 e. The maximum atomic E-state index is 12.6. The van der Waals surface area contributed by atoms with Gasteiger partial charge in [-0.3, -0.25) is 0 Å². The lowest BCUT2D eigenvalue weighted by atomic mass is 10.1. The summed E-state index contributed by atoms with van der Waals surface area (Å²) in [6.45, 7) is 0. The van der Waals surface area contributed by atoms with Crippen molar-refractivity contribution in [3.05, 3.63) is 66.2 Å². The van der Waals surface area contributed by atoms with Gasteiger partial charge in [-0.25, -0.2) is 8.42 Å². The summed E-state index contributed by atoms with van der Waals surface area (Å²) < 4.78 is 25.2. The summed E-state index contributed by atoms with van der Waals surface area (Å²) in [5, 5.41) is 8.58. The van der Waals surface area contributed by atoms with E-state index in [-0.39, 0.29) is 5.92 Å². The van der Waals surface area contributed by atoms with Gasteiger partial charge >= 0.3 is 0 Å². The predicted molar refractivity (Wildman–Crippen MR) is 75.7 cm³/mol. The summed E-state index contributed by atoms with van der Waals surface area (Å²) in [6, 6.07) is 19.9.